The first-order valence-electron chi connectivity index (χ1n) is 8.92. The third-order valence-electron chi connectivity index (χ3n) is 4.42. The van der Waals surface area contributed by atoms with E-state index in [1.54, 1.807) is 62.4 Å². The molecule has 0 saturated heterocycles. The van der Waals surface area contributed by atoms with Crippen LogP contribution in [-0.4, -0.2) is 17.2 Å². The van der Waals surface area contributed by atoms with Crippen LogP contribution in [0.5, 0.6) is 0 Å². The lowest BCUT2D eigenvalue weighted by molar-refractivity contribution is -0.318. The fourth-order valence-electron chi connectivity index (χ4n) is 2.70. The largest absolute Gasteiger partial charge is 0.386 e. The maximum Gasteiger partial charge on any atom is 0.386 e. The number of benzene rings is 3. The van der Waals surface area contributed by atoms with Crippen LogP contribution in [0.3, 0.4) is 0 Å². The van der Waals surface area contributed by atoms with Gasteiger partial charge in [-0.1, -0.05) is 48.5 Å². The molecule has 0 aliphatic carbocycles. The lowest BCUT2D eigenvalue weighted by Crippen LogP contribution is -2.19. The summed E-state index contributed by atoms with van der Waals surface area (Å²) in [5.74, 6) is -1.54. The lowest BCUT2D eigenvalue weighted by atomic mass is 9.94. The van der Waals surface area contributed by atoms with E-state index in [1.165, 1.54) is 0 Å². The van der Waals surface area contributed by atoms with Gasteiger partial charge >= 0.3 is 11.9 Å². The molecule has 6 heteroatoms. The van der Waals surface area contributed by atoms with Gasteiger partial charge in [-0.2, -0.15) is 0 Å². The molecule has 0 fully saturated rings. The van der Waals surface area contributed by atoms with Gasteiger partial charge in [0, 0.05) is 0 Å². The summed E-state index contributed by atoms with van der Waals surface area (Å²) >= 11 is 0. The van der Waals surface area contributed by atoms with Gasteiger partial charge in [0.2, 0.25) is 0 Å². The Hall–Kier alpha value is -3.48. The van der Waals surface area contributed by atoms with Gasteiger partial charge in [0.25, 0.3) is 0 Å². The monoisotopic (exact) mass is 392 g/mol. The van der Waals surface area contributed by atoms with Crippen LogP contribution in [0.4, 0.5) is 0 Å². The summed E-state index contributed by atoms with van der Waals surface area (Å²) in [6.07, 6.45) is 0. The van der Waals surface area contributed by atoms with Gasteiger partial charge in [0.15, 0.2) is 0 Å². The Morgan fingerprint density at radius 3 is 1.93 bits per heavy atom. The van der Waals surface area contributed by atoms with Crippen LogP contribution in [0.1, 0.15) is 40.1 Å². The summed E-state index contributed by atoms with van der Waals surface area (Å²) < 4.78 is 0. The number of hydrogen-bond donors (Lipinski definition) is 1. The van der Waals surface area contributed by atoms with Gasteiger partial charge in [-0.05, 0) is 60.9 Å². The van der Waals surface area contributed by atoms with Crippen molar-refractivity contribution >= 4 is 11.9 Å². The Kier molecular flexibility index (Phi) is 6.07. The van der Waals surface area contributed by atoms with E-state index in [-0.39, 0.29) is 11.1 Å². The first-order valence-corrected chi connectivity index (χ1v) is 8.92. The van der Waals surface area contributed by atoms with Crippen molar-refractivity contribution < 1.29 is 29.5 Å². The quantitative estimate of drug-likeness (QED) is 0.486. The summed E-state index contributed by atoms with van der Waals surface area (Å²) in [5.41, 5.74) is 1.97. The molecular formula is C23H20O6. The molecule has 148 valence electrons. The second kappa shape index (κ2) is 8.68. The Labute approximate surface area is 168 Å². The van der Waals surface area contributed by atoms with Crippen molar-refractivity contribution in [3.05, 3.63) is 95.6 Å². The molecule has 0 aromatic heterocycles. The van der Waals surface area contributed by atoms with Crippen LogP contribution in [0.25, 0.3) is 11.1 Å². The predicted molar refractivity (Wildman–Crippen MR) is 106 cm³/mol. The first-order chi connectivity index (χ1) is 13.9. The van der Waals surface area contributed by atoms with Crippen molar-refractivity contribution in [1.82, 2.24) is 0 Å². The average molecular weight is 392 g/mol. The van der Waals surface area contributed by atoms with E-state index in [1.807, 2.05) is 30.3 Å². The highest BCUT2D eigenvalue weighted by Gasteiger charge is 2.22. The molecule has 29 heavy (non-hydrogen) atoms. The molecule has 6 nitrogen and oxygen atoms in total. The molecule has 0 bridgehead atoms. The van der Waals surface area contributed by atoms with Crippen molar-refractivity contribution in [2.24, 2.45) is 0 Å². The van der Waals surface area contributed by atoms with Gasteiger partial charge in [-0.3, -0.25) is 5.26 Å². The van der Waals surface area contributed by atoms with Gasteiger partial charge in [-0.15, -0.1) is 0 Å². The smallest absolute Gasteiger partial charge is 0.251 e. The van der Waals surface area contributed by atoms with E-state index >= 15 is 0 Å². The summed E-state index contributed by atoms with van der Waals surface area (Å²) in [6.45, 7) is 3.47. The standard InChI is InChI=1S/C23H20O6/c1-23(2,29-26)20-13-7-11-18(15-20)17-10-6-12-19(14-17)22(25)28-27-21(24)16-8-4-3-5-9-16/h3-15,26H,1-2H3. The Bertz CT molecular complexity index is 1010. The molecule has 1 N–H and O–H groups in total. The van der Waals surface area contributed by atoms with E-state index in [2.05, 4.69) is 14.7 Å². The van der Waals surface area contributed by atoms with Gasteiger partial charge < -0.3 is 0 Å². The Balaban J connectivity index is 1.75. The first kappa shape index (κ1) is 20.3. The van der Waals surface area contributed by atoms with Crippen molar-refractivity contribution in [2.45, 2.75) is 19.4 Å². The third kappa shape index (κ3) is 4.87. The molecule has 0 spiro atoms. The zero-order valence-electron chi connectivity index (χ0n) is 16.0. The Morgan fingerprint density at radius 2 is 1.28 bits per heavy atom. The maximum atomic E-state index is 12.3. The topological polar surface area (TPSA) is 82.1 Å². The minimum absolute atomic E-state index is 0.228. The highest BCUT2D eigenvalue weighted by atomic mass is 17.2. The predicted octanol–water partition coefficient (Wildman–Crippen LogP) is 5.01. The van der Waals surface area contributed by atoms with E-state index in [0.717, 1.165) is 16.7 Å². The molecule has 3 rings (SSSR count). The average Bonchev–Trinajstić information content (AvgIpc) is 2.78. The molecular weight excluding hydrogens is 372 g/mol. The molecule has 0 unspecified atom stereocenters. The molecule has 3 aromatic carbocycles. The SMILES string of the molecule is CC(C)(OO)c1cccc(-c2cccc(C(=O)OOC(=O)c3ccccc3)c2)c1. The molecule has 0 atom stereocenters. The van der Waals surface area contributed by atoms with Gasteiger partial charge in [0.1, 0.15) is 5.60 Å². The van der Waals surface area contributed by atoms with Gasteiger partial charge in [-0.25, -0.2) is 24.3 Å². The number of carbonyl (C=O) groups is 2. The summed E-state index contributed by atoms with van der Waals surface area (Å²) in [4.78, 5) is 38.1. The summed E-state index contributed by atoms with van der Waals surface area (Å²) in [6, 6.07) is 22.4. The van der Waals surface area contributed by atoms with Crippen LogP contribution in [0.2, 0.25) is 0 Å². The summed E-state index contributed by atoms with van der Waals surface area (Å²) in [5, 5.41) is 9.11. The summed E-state index contributed by atoms with van der Waals surface area (Å²) in [7, 11) is 0. The van der Waals surface area contributed by atoms with Crippen LogP contribution in [-0.2, 0) is 20.3 Å². The Morgan fingerprint density at radius 1 is 0.724 bits per heavy atom. The zero-order valence-corrected chi connectivity index (χ0v) is 16.0. The number of rotatable bonds is 5. The number of carbonyl (C=O) groups excluding carboxylic acids is 2. The second-order valence-electron chi connectivity index (χ2n) is 6.87. The normalized spacial score (nSPS) is 11.0. The molecule has 0 aliphatic heterocycles. The van der Waals surface area contributed by atoms with Crippen LogP contribution in [0.15, 0.2) is 78.9 Å². The van der Waals surface area contributed by atoms with Crippen LogP contribution < -0.4 is 0 Å². The van der Waals surface area contributed by atoms with Crippen LogP contribution in [0, 0.1) is 0 Å². The molecule has 3 aromatic rings. The molecule has 0 radical (unpaired) electrons. The van der Waals surface area contributed by atoms with E-state index < -0.39 is 17.5 Å². The highest BCUT2D eigenvalue weighted by Crippen LogP contribution is 2.29. The highest BCUT2D eigenvalue weighted by molar-refractivity contribution is 5.93. The van der Waals surface area contributed by atoms with Crippen molar-refractivity contribution in [3.63, 3.8) is 0 Å². The van der Waals surface area contributed by atoms with E-state index in [4.69, 9.17) is 5.26 Å². The fraction of sp³-hybridized carbons (Fsp3) is 0.130. The van der Waals surface area contributed by atoms with Crippen molar-refractivity contribution in [2.75, 3.05) is 0 Å². The minimum atomic E-state index is -0.877. The van der Waals surface area contributed by atoms with E-state index in [0.29, 0.717) is 0 Å². The van der Waals surface area contributed by atoms with Crippen molar-refractivity contribution in [3.8, 4) is 11.1 Å². The third-order valence-corrected chi connectivity index (χ3v) is 4.42. The fourth-order valence-corrected chi connectivity index (χ4v) is 2.70. The zero-order chi connectivity index (χ0) is 20.9. The molecule has 0 saturated carbocycles. The van der Waals surface area contributed by atoms with Gasteiger partial charge in [0.05, 0.1) is 11.1 Å². The minimum Gasteiger partial charge on any atom is -0.251 e. The molecule has 0 aliphatic rings. The number of hydrogen-bond acceptors (Lipinski definition) is 6. The molecule has 0 amide bonds. The maximum absolute atomic E-state index is 12.3. The second-order valence-corrected chi connectivity index (χ2v) is 6.87. The lowest BCUT2D eigenvalue weighted by Gasteiger charge is -2.21. The van der Waals surface area contributed by atoms with Crippen LogP contribution >= 0.6 is 0 Å². The van der Waals surface area contributed by atoms with Crippen molar-refractivity contribution in [1.29, 1.82) is 0 Å². The molecule has 0 heterocycles. The van der Waals surface area contributed by atoms with E-state index in [9.17, 15) is 9.59 Å².